The Morgan fingerprint density at radius 3 is 2.76 bits per heavy atom. The van der Waals surface area contributed by atoms with Gasteiger partial charge in [0.05, 0.1) is 10.8 Å². The molecule has 1 aromatic carbocycles. The van der Waals surface area contributed by atoms with Crippen LogP contribution < -0.4 is 10.2 Å². The zero-order chi connectivity index (χ0) is 20.2. The van der Waals surface area contributed by atoms with Crippen LogP contribution in [-0.2, 0) is 4.79 Å². The van der Waals surface area contributed by atoms with Gasteiger partial charge in [0, 0.05) is 43.3 Å². The van der Waals surface area contributed by atoms with Gasteiger partial charge >= 0.3 is 0 Å². The van der Waals surface area contributed by atoms with Crippen molar-refractivity contribution in [2.75, 3.05) is 23.3 Å². The molecule has 1 N–H and O–H groups in total. The predicted octanol–water partition coefficient (Wildman–Crippen LogP) is 2.43. The summed E-state index contributed by atoms with van der Waals surface area (Å²) in [4.78, 5) is 29.1. The number of carbonyl (C=O) groups excluding carboxylic acids is 1. The van der Waals surface area contributed by atoms with Crippen LogP contribution in [0.1, 0.15) is 12.8 Å². The van der Waals surface area contributed by atoms with E-state index in [1.807, 2.05) is 17.0 Å². The van der Waals surface area contributed by atoms with E-state index in [0.29, 0.717) is 23.9 Å². The van der Waals surface area contributed by atoms with Crippen molar-refractivity contribution in [1.82, 2.24) is 19.7 Å². The summed E-state index contributed by atoms with van der Waals surface area (Å²) in [6, 6.07) is 9.69. The van der Waals surface area contributed by atoms with Crippen LogP contribution in [0.3, 0.4) is 0 Å². The van der Waals surface area contributed by atoms with Crippen molar-refractivity contribution < 1.29 is 9.72 Å². The third-order valence-electron chi connectivity index (χ3n) is 4.85. The molecular formula is C19H19N7O3. The van der Waals surface area contributed by atoms with E-state index in [4.69, 9.17) is 0 Å². The summed E-state index contributed by atoms with van der Waals surface area (Å²) in [7, 11) is 0. The Bertz CT molecular complexity index is 1000. The van der Waals surface area contributed by atoms with E-state index >= 15 is 0 Å². The fourth-order valence-electron chi connectivity index (χ4n) is 3.36. The first-order valence-corrected chi connectivity index (χ1v) is 9.22. The predicted molar refractivity (Wildman–Crippen MR) is 106 cm³/mol. The fourth-order valence-corrected chi connectivity index (χ4v) is 3.36. The third kappa shape index (κ3) is 4.21. The number of non-ortho nitro benzene ring substituents is 1. The summed E-state index contributed by atoms with van der Waals surface area (Å²) in [5, 5.41) is 22.2. The highest BCUT2D eigenvalue weighted by Gasteiger charge is 2.27. The fraction of sp³-hybridized carbons (Fsp3) is 0.263. The van der Waals surface area contributed by atoms with Crippen molar-refractivity contribution in [3.63, 3.8) is 0 Å². The minimum Gasteiger partial charge on any atom is -0.354 e. The molecule has 1 amide bonds. The van der Waals surface area contributed by atoms with E-state index in [-0.39, 0.29) is 17.5 Å². The minimum atomic E-state index is -0.482. The number of nitro benzene ring substituents is 1. The number of rotatable bonds is 5. The highest BCUT2D eigenvalue weighted by Crippen LogP contribution is 2.24. The molecule has 1 fully saturated rings. The van der Waals surface area contributed by atoms with E-state index in [1.54, 1.807) is 35.4 Å². The molecule has 0 saturated carbocycles. The van der Waals surface area contributed by atoms with Gasteiger partial charge in [-0.25, -0.2) is 4.98 Å². The molecular weight excluding hydrogens is 374 g/mol. The quantitative estimate of drug-likeness (QED) is 0.522. The molecule has 10 nitrogen and oxygen atoms in total. The molecule has 0 aliphatic carbocycles. The van der Waals surface area contributed by atoms with Crippen molar-refractivity contribution in [3.05, 3.63) is 65.2 Å². The van der Waals surface area contributed by atoms with Gasteiger partial charge in [-0.15, -0.1) is 10.2 Å². The van der Waals surface area contributed by atoms with E-state index in [0.717, 1.165) is 19.4 Å². The number of nitrogens with zero attached hydrogens (tertiary/aromatic N) is 6. The molecule has 29 heavy (non-hydrogen) atoms. The molecule has 1 aliphatic heterocycles. The highest BCUT2D eigenvalue weighted by atomic mass is 16.6. The molecule has 1 atom stereocenters. The lowest BCUT2D eigenvalue weighted by atomic mass is 9.97. The Balaban J connectivity index is 1.42. The first kappa shape index (κ1) is 18.5. The van der Waals surface area contributed by atoms with Gasteiger partial charge in [0.25, 0.3) is 5.69 Å². The smallest absolute Gasteiger partial charge is 0.271 e. The summed E-state index contributed by atoms with van der Waals surface area (Å²) in [6.07, 6.45) is 6.71. The van der Waals surface area contributed by atoms with Crippen LogP contribution in [0.4, 0.5) is 17.2 Å². The van der Waals surface area contributed by atoms with Gasteiger partial charge in [0.1, 0.15) is 6.33 Å². The monoisotopic (exact) mass is 393 g/mol. The number of anilines is 2. The van der Waals surface area contributed by atoms with Gasteiger partial charge in [-0.1, -0.05) is 6.07 Å². The number of carbonyl (C=O) groups is 1. The summed E-state index contributed by atoms with van der Waals surface area (Å²) in [5.74, 6) is 0.987. The maximum Gasteiger partial charge on any atom is 0.271 e. The second-order valence-corrected chi connectivity index (χ2v) is 6.80. The normalized spacial score (nSPS) is 16.4. The molecule has 3 heterocycles. The van der Waals surface area contributed by atoms with Crippen molar-refractivity contribution in [3.8, 4) is 5.82 Å². The summed E-state index contributed by atoms with van der Waals surface area (Å²) in [6.45, 7) is 1.31. The lowest BCUT2D eigenvalue weighted by molar-refractivity contribution is -0.384. The van der Waals surface area contributed by atoms with Gasteiger partial charge in [-0.2, -0.15) is 0 Å². The molecule has 148 valence electrons. The maximum absolute atomic E-state index is 12.7. The number of amides is 1. The Kier molecular flexibility index (Phi) is 5.14. The average Bonchev–Trinajstić information content (AvgIpc) is 3.29. The van der Waals surface area contributed by atoms with Crippen molar-refractivity contribution in [1.29, 1.82) is 0 Å². The lowest BCUT2D eigenvalue weighted by Crippen LogP contribution is -2.41. The molecule has 4 rings (SSSR count). The number of imidazole rings is 1. The van der Waals surface area contributed by atoms with Crippen LogP contribution in [0.15, 0.2) is 55.1 Å². The second kappa shape index (κ2) is 8.05. The first-order chi connectivity index (χ1) is 14.1. The number of nitrogens with one attached hydrogen (secondary N) is 1. The van der Waals surface area contributed by atoms with Gasteiger partial charge in [-0.05, 0) is 31.0 Å². The van der Waals surface area contributed by atoms with Crippen molar-refractivity contribution in [2.45, 2.75) is 12.8 Å². The molecule has 0 bridgehead atoms. The van der Waals surface area contributed by atoms with Crippen molar-refractivity contribution >= 4 is 23.1 Å². The van der Waals surface area contributed by atoms with E-state index < -0.39 is 4.92 Å². The van der Waals surface area contributed by atoms with E-state index in [2.05, 4.69) is 20.5 Å². The third-order valence-corrected chi connectivity index (χ3v) is 4.85. The topological polar surface area (TPSA) is 119 Å². The summed E-state index contributed by atoms with van der Waals surface area (Å²) in [5.41, 5.74) is 0.368. The average molecular weight is 393 g/mol. The number of hydrogen-bond acceptors (Lipinski definition) is 7. The summed E-state index contributed by atoms with van der Waals surface area (Å²) >= 11 is 0. The van der Waals surface area contributed by atoms with Gasteiger partial charge < -0.3 is 10.2 Å². The van der Waals surface area contributed by atoms with Crippen LogP contribution in [-0.4, -0.2) is 43.7 Å². The molecule has 10 heteroatoms. The maximum atomic E-state index is 12.7. The number of benzene rings is 1. The Hall–Kier alpha value is -3.82. The van der Waals surface area contributed by atoms with Crippen LogP contribution in [0, 0.1) is 16.0 Å². The van der Waals surface area contributed by atoms with Crippen molar-refractivity contribution in [2.24, 2.45) is 5.92 Å². The SMILES string of the molecule is O=C(Nc1cccc([N+](=O)[O-])c1)C1CCCN(c2ccc(-n3ccnc3)nn2)C1. The van der Waals surface area contributed by atoms with Crippen LogP contribution in [0.25, 0.3) is 5.82 Å². The van der Waals surface area contributed by atoms with Crippen LogP contribution in [0.2, 0.25) is 0 Å². The second-order valence-electron chi connectivity index (χ2n) is 6.80. The summed E-state index contributed by atoms with van der Waals surface area (Å²) < 4.78 is 1.77. The molecule has 1 unspecified atom stereocenters. The van der Waals surface area contributed by atoms with Gasteiger partial charge in [0.2, 0.25) is 5.91 Å². The number of piperidine rings is 1. The van der Waals surface area contributed by atoms with Crippen LogP contribution in [0.5, 0.6) is 0 Å². The number of aromatic nitrogens is 4. The highest BCUT2D eigenvalue weighted by molar-refractivity contribution is 5.93. The van der Waals surface area contributed by atoms with E-state index in [9.17, 15) is 14.9 Å². The Morgan fingerprint density at radius 2 is 2.03 bits per heavy atom. The molecule has 2 aromatic heterocycles. The Morgan fingerprint density at radius 1 is 1.21 bits per heavy atom. The molecule has 1 saturated heterocycles. The van der Waals surface area contributed by atoms with Gasteiger partial charge in [0.15, 0.2) is 11.6 Å². The molecule has 1 aliphatic rings. The van der Waals surface area contributed by atoms with Crippen LogP contribution >= 0.6 is 0 Å². The molecule has 0 spiro atoms. The first-order valence-electron chi connectivity index (χ1n) is 9.22. The largest absolute Gasteiger partial charge is 0.354 e. The zero-order valence-electron chi connectivity index (χ0n) is 15.5. The molecule has 3 aromatic rings. The lowest BCUT2D eigenvalue weighted by Gasteiger charge is -2.32. The van der Waals surface area contributed by atoms with E-state index in [1.165, 1.54) is 12.1 Å². The standard InChI is InChI=1S/C19H19N7O3/c27-19(21-15-4-1-5-16(11-15)26(28)29)14-3-2-9-24(12-14)17-6-7-18(23-22-17)25-10-8-20-13-25/h1,4-8,10-11,13-14H,2-3,9,12H2,(H,21,27). The van der Waals surface area contributed by atoms with Gasteiger partial charge in [-0.3, -0.25) is 19.5 Å². The number of nitro groups is 1. The molecule has 0 radical (unpaired) electrons. The zero-order valence-corrected chi connectivity index (χ0v) is 15.5. The Labute approximate surface area is 166 Å². The number of hydrogen-bond donors (Lipinski definition) is 1. The minimum absolute atomic E-state index is 0.0543.